The van der Waals surface area contributed by atoms with Gasteiger partial charge in [-0.15, -0.1) is 22.7 Å². The third-order valence-electron chi connectivity index (χ3n) is 4.19. The summed E-state index contributed by atoms with van der Waals surface area (Å²) in [6.45, 7) is 4.50. The van der Waals surface area contributed by atoms with Crippen molar-refractivity contribution in [3.63, 3.8) is 0 Å². The SMILES string of the molecule is CN1CCN(C)C(CNC(c2cccs2)c2cccs2)C1. The first-order chi connectivity index (χ1) is 10.2. The average molecular weight is 322 g/mol. The summed E-state index contributed by atoms with van der Waals surface area (Å²) < 4.78 is 0. The van der Waals surface area contributed by atoms with E-state index in [1.54, 1.807) is 0 Å². The summed E-state index contributed by atoms with van der Waals surface area (Å²) in [6, 6.07) is 9.68. The van der Waals surface area contributed by atoms with E-state index in [2.05, 4.69) is 64.2 Å². The predicted molar refractivity (Wildman–Crippen MR) is 92.4 cm³/mol. The molecular weight excluding hydrogens is 298 g/mol. The van der Waals surface area contributed by atoms with Gasteiger partial charge >= 0.3 is 0 Å². The Morgan fingerprint density at radius 1 is 1.14 bits per heavy atom. The van der Waals surface area contributed by atoms with E-state index in [1.807, 2.05) is 22.7 Å². The van der Waals surface area contributed by atoms with Crippen LogP contribution in [-0.4, -0.2) is 56.1 Å². The number of likely N-dealkylation sites (N-methyl/N-ethyl adjacent to an activating group) is 2. The van der Waals surface area contributed by atoms with E-state index in [1.165, 1.54) is 16.3 Å². The lowest BCUT2D eigenvalue weighted by atomic mass is 10.1. The van der Waals surface area contributed by atoms with Crippen LogP contribution in [0.5, 0.6) is 0 Å². The Kier molecular flexibility index (Phi) is 5.08. The molecule has 1 N–H and O–H groups in total. The van der Waals surface area contributed by atoms with Gasteiger partial charge in [0.1, 0.15) is 0 Å². The monoisotopic (exact) mass is 321 g/mol. The Morgan fingerprint density at radius 3 is 2.38 bits per heavy atom. The van der Waals surface area contributed by atoms with Crippen molar-refractivity contribution in [2.45, 2.75) is 12.1 Å². The first-order valence-electron chi connectivity index (χ1n) is 7.43. The van der Waals surface area contributed by atoms with Crippen molar-refractivity contribution in [1.82, 2.24) is 15.1 Å². The zero-order valence-corrected chi connectivity index (χ0v) is 14.3. The molecule has 1 saturated heterocycles. The fourth-order valence-corrected chi connectivity index (χ4v) is 4.54. The maximum atomic E-state index is 3.80. The molecule has 0 bridgehead atoms. The number of nitrogens with zero attached hydrogens (tertiary/aromatic N) is 2. The molecule has 0 aliphatic carbocycles. The molecule has 3 nitrogen and oxygen atoms in total. The fourth-order valence-electron chi connectivity index (χ4n) is 2.83. The molecule has 0 amide bonds. The zero-order valence-electron chi connectivity index (χ0n) is 12.7. The molecule has 1 fully saturated rings. The number of rotatable bonds is 5. The third kappa shape index (κ3) is 3.73. The number of hydrogen-bond acceptors (Lipinski definition) is 5. The molecular formula is C16H23N3S2. The van der Waals surface area contributed by atoms with Gasteiger partial charge in [0, 0.05) is 42.0 Å². The van der Waals surface area contributed by atoms with Crippen LogP contribution in [-0.2, 0) is 0 Å². The van der Waals surface area contributed by atoms with Crippen LogP contribution in [0.2, 0.25) is 0 Å². The van der Waals surface area contributed by atoms with E-state index in [4.69, 9.17) is 0 Å². The molecule has 1 unspecified atom stereocenters. The van der Waals surface area contributed by atoms with Crippen LogP contribution in [0.25, 0.3) is 0 Å². The van der Waals surface area contributed by atoms with Crippen LogP contribution in [0, 0.1) is 0 Å². The van der Waals surface area contributed by atoms with Gasteiger partial charge in [-0.3, -0.25) is 4.90 Å². The van der Waals surface area contributed by atoms with Crippen molar-refractivity contribution in [3.05, 3.63) is 44.8 Å². The van der Waals surface area contributed by atoms with Crippen molar-refractivity contribution >= 4 is 22.7 Å². The molecule has 114 valence electrons. The molecule has 3 heterocycles. The Labute approximate surface area is 135 Å². The number of piperazine rings is 1. The summed E-state index contributed by atoms with van der Waals surface area (Å²) in [4.78, 5) is 7.72. The molecule has 21 heavy (non-hydrogen) atoms. The second-order valence-electron chi connectivity index (χ2n) is 5.77. The lowest BCUT2D eigenvalue weighted by Crippen LogP contribution is -2.54. The highest BCUT2D eigenvalue weighted by Gasteiger charge is 2.24. The molecule has 2 aromatic rings. The van der Waals surface area contributed by atoms with Crippen LogP contribution >= 0.6 is 22.7 Å². The minimum atomic E-state index is 0.339. The Morgan fingerprint density at radius 2 is 1.81 bits per heavy atom. The maximum Gasteiger partial charge on any atom is 0.0765 e. The predicted octanol–water partition coefficient (Wildman–Crippen LogP) is 2.73. The molecule has 1 aliphatic heterocycles. The van der Waals surface area contributed by atoms with Crippen LogP contribution in [0.3, 0.4) is 0 Å². The van der Waals surface area contributed by atoms with Crippen LogP contribution in [0.15, 0.2) is 35.0 Å². The van der Waals surface area contributed by atoms with Gasteiger partial charge in [0.2, 0.25) is 0 Å². The quantitative estimate of drug-likeness (QED) is 0.913. The van der Waals surface area contributed by atoms with Crippen molar-refractivity contribution in [1.29, 1.82) is 0 Å². The highest BCUT2D eigenvalue weighted by molar-refractivity contribution is 7.11. The van der Waals surface area contributed by atoms with E-state index in [-0.39, 0.29) is 0 Å². The van der Waals surface area contributed by atoms with Gasteiger partial charge in [-0.2, -0.15) is 0 Å². The van der Waals surface area contributed by atoms with E-state index in [0.717, 1.165) is 19.6 Å². The average Bonchev–Trinajstić information content (AvgIpc) is 3.16. The molecule has 0 aromatic carbocycles. The summed E-state index contributed by atoms with van der Waals surface area (Å²) in [7, 11) is 4.46. The molecule has 1 aliphatic rings. The van der Waals surface area contributed by atoms with Gasteiger partial charge in [0.15, 0.2) is 0 Å². The van der Waals surface area contributed by atoms with Crippen LogP contribution in [0.4, 0.5) is 0 Å². The lowest BCUT2D eigenvalue weighted by Gasteiger charge is -2.38. The smallest absolute Gasteiger partial charge is 0.0765 e. The molecule has 0 spiro atoms. The van der Waals surface area contributed by atoms with Gasteiger partial charge in [0.25, 0.3) is 0 Å². The Bertz CT molecular complexity index is 489. The summed E-state index contributed by atoms with van der Waals surface area (Å²) in [5, 5.41) is 8.13. The number of thiophene rings is 2. The van der Waals surface area contributed by atoms with E-state index < -0.39 is 0 Å². The van der Waals surface area contributed by atoms with E-state index in [0.29, 0.717) is 12.1 Å². The summed E-state index contributed by atoms with van der Waals surface area (Å²) in [6.07, 6.45) is 0. The standard InChI is InChI=1S/C16H23N3S2/c1-18-7-8-19(2)13(12-18)11-17-16(14-5-3-9-20-14)15-6-4-10-21-15/h3-6,9-10,13,16-17H,7-8,11-12H2,1-2H3. The molecule has 0 radical (unpaired) electrons. The minimum absolute atomic E-state index is 0.339. The normalized spacial score (nSPS) is 21.2. The lowest BCUT2D eigenvalue weighted by molar-refractivity contribution is 0.112. The largest absolute Gasteiger partial charge is 0.303 e. The first-order valence-corrected chi connectivity index (χ1v) is 9.19. The topological polar surface area (TPSA) is 18.5 Å². The van der Waals surface area contributed by atoms with Crippen LogP contribution in [0.1, 0.15) is 15.8 Å². The number of nitrogens with one attached hydrogen (secondary N) is 1. The van der Waals surface area contributed by atoms with Gasteiger partial charge in [-0.25, -0.2) is 0 Å². The van der Waals surface area contributed by atoms with E-state index >= 15 is 0 Å². The van der Waals surface area contributed by atoms with Crippen molar-refractivity contribution in [2.75, 3.05) is 40.3 Å². The van der Waals surface area contributed by atoms with Gasteiger partial charge in [-0.1, -0.05) is 12.1 Å². The van der Waals surface area contributed by atoms with Crippen molar-refractivity contribution in [3.8, 4) is 0 Å². The highest BCUT2D eigenvalue weighted by Crippen LogP contribution is 2.29. The second-order valence-corrected chi connectivity index (χ2v) is 7.73. The van der Waals surface area contributed by atoms with Crippen LogP contribution < -0.4 is 5.32 Å². The molecule has 5 heteroatoms. The zero-order chi connectivity index (χ0) is 14.7. The van der Waals surface area contributed by atoms with Gasteiger partial charge in [0.05, 0.1) is 6.04 Å². The fraction of sp³-hybridized carbons (Fsp3) is 0.500. The molecule has 2 aromatic heterocycles. The Balaban J connectivity index is 1.68. The molecule has 0 saturated carbocycles. The summed E-state index contributed by atoms with van der Waals surface area (Å²) in [5.74, 6) is 0. The third-order valence-corrected chi connectivity index (χ3v) is 6.07. The minimum Gasteiger partial charge on any atom is -0.303 e. The highest BCUT2D eigenvalue weighted by atomic mass is 32.1. The Hall–Kier alpha value is -0.720. The maximum absolute atomic E-state index is 3.80. The van der Waals surface area contributed by atoms with Gasteiger partial charge in [-0.05, 0) is 37.0 Å². The molecule has 1 atom stereocenters. The number of hydrogen-bond donors (Lipinski definition) is 1. The van der Waals surface area contributed by atoms with Crippen molar-refractivity contribution < 1.29 is 0 Å². The second kappa shape index (κ2) is 7.03. The van der Waals surface area contributed by atoms with E-state index in [9.17, 15) is 0 Å². The van der Waals surface area contributed by atoms with Crippen molar-refractivity contribution in [2.24, 2.45) is 0 Å². The first kappa shape index (κ1) is 15.2. The van der Waals surface area contributed by atoms with Gasteiger partial charge < -0.3 is 10.2 Å². The molecule has 3 rings (SSSR count). The summed E-state index contributed by atoms with van der Waals surface area (Å²) in [5.41, 5.74) is 0. The summed E-state index contributed by atoms with van der Waals surface area (Å²) >= 11 is 3.67.